The molecular formula is C8H4F3N3O. The molecule has 0 saturated heterocycles. The predicted molar refractivity (Wildman–Crippen MR) is 42.5 cm³/mol. The van der Waals surface area contributed by atoms with Gasteiger partial charge in [0.15, 0.2) is 0 Å². The van der Waals surface area contributed by atoms with Crippen LogP contribution in [-0.4, -0.2) is 15.1 Å². The van der Waals surface area contributed by atoms with Gasteiger partial charge >= 0.3 is 6.18 Å². The lowest BCUT2D eigenvalue weighted by molar-refractivity contribution is -0.141. The van der Waals surface area contributed by atoms with Crippen LogP contribution in [0.5, 0.6) is 0 Å². The summed E-state index contributed by atoms with van der Waals surface area (Å²) in [5.74, 6) is 0.0288. The van der Waals surface area contributed by atoms with Crippen molar-refractivity contribution in [2.45, 2.75) is 6.18 Å². The van der Waals surface area contributed by atoms with Crippen LogP contribution in [0.25, 0.3) is 11.5 Å². The lowest BCUT2D eigenvalue weighted by Crippen LogP contribution is -2.08. The van der Waals surface area contributed by atoms with Gasteiger partial charge in [-0.3, -0.25) is 0 Å². The lowest BCUT2D eigenvalue weighted by Gasteiger charge is -2.05. The van der Waals surface area contributed by atoms with E-state index in [9.17, 15) is 13.2 Å². The van der Waals surface area contributed by atoms with Gasteiger partial charge in [-0.05, 0) is 12.1 Å². The second-order valence-electron chi connectivity index (χ2n) is 2.66. The van der Waals surface area contributed by atoms with Gasteiger partial charge in [-0.1, -0.05) is 11.2 Å². The Morgan fingerprint density at radius 1 is 1.20 bits per heavy atom. The molecular weight excluding hydrogens is 211 g/mol. The van der Waals surface area contributed by atoms with E-state index >= 15 is 0 Å². The molecule has 15 heavy (non-hydrogen) atoms. The number of pyridine rings is 1. The van der Waals surface area contributed by atoms with Gasteiger partial charge in [-0.15, -0.1) is 0 Å². The molecule has 0 atom stereocenters. The second kappa shape index (κ2) is 3.34. The highest BCUT2D eigenvalue weighted by molar-refractivity contribution is 5.47. The molecule has 4 nitrogen and oxygen atoms in total. The smallest absolute Gasteiger partial charge is 0.342 e. The molecule has 2 rings (SSSR count). The highest BCUT2D eigenvalue weighted by Gasteiger charge is 2.32. The molecule has 2 heterocycles. The van der Waals surface area contributed by atoms with E-state index in [1.54, 1.807) is 0 Å². The zero-order valence-electron chi connectivity index (χ0n) is 7.19. The number of halogens is 3. The van der Waals surface area contributed by atoms with E-state index in [0.717, 1.165) is 12.5 Å². The average Bonchev–Trinajstić information content (AvgIpc) is 2.69. The van der Waals surface area contributed by atoms with Crippen molar-refractivity contribution in [1.29, 1.82) is 0 Å². The molecule has 0 spiro atoms. The van der Waals surface area contributed by atoms with Crippen molar-refractivity contribution in [3.05, 3.63) is 30.3 Å². The fourth-order valence-corrected chi connectivity index (χ4v) is 1.00. The Morgan fingerprint density at radius 2 is 2.00 bits per heavy atom. The van der Waals surface area contributed by atoms with Crippen LogP contribution in [0.1, 0.15) is 5.69 Å². The molecule has 0 unspecified atom stereocenters. The first-order valence-electron chi connectivity index (χ1n) is 3.88. The molecule has 0 saturated carbocycles. The summed E-state index contributed by atoms with van der Waals surface area (Å²) in [6.45, 7) is 0. The molecule has 2 aromatic heterocycles. The van der Waals surface area contributed by atoms with Crippen LogP contribution >= 0.6 is 0 Å². The highest BCUT2D eigenvalue weighted by Crippen LogP contribution is 2.28. The molecule has 0 aliphatic carbocycles. The minimum atomic E-state index is -4.47. The summed E-state index contributed by atoms with van der Waals surface area (Å²) in [4.78, 5) is 6.98. The third-order valence-electron chi connectivity index (χ3n) is 1.63. The standard InChI is InChI=1S/C8H4F3N3O/c9-8(10,11)6-3-1-2-5(13-6)7-12-4-15-14-7/h1-4H. The van der Waals surface area contributed by atoms with Crippen LogP contribution in [0.4, 0.5) is 13.2 Å². The van der Waals surface area contributed by atoms with Crippen molar-refractivity contribution in [3.63, 3.8) is 0 Å². The van der Waals surface area contributed by atoms with Crippen LogP contribution in [-0.2, 0) is 6.18 Å². The van der Waals surface area contributed by atoms with Crippen molar-refractivity contribution >= 4 is 0 Å². The van der Waals surface area contributed by atoms with E-state index in [1.165, 1.54) is 12.1 Å². The van der Waals surface area contributed by atoms with E-state index in [4.69, 9.17) is 0 Å². The molecule has 0 aromatic carbocycles. The maximum Gasteiger partial charge on any atom is 0.433 e. The number of nitrogens with zero attached hydrogens (tertiary/aromatic N) is 3. The number of aromatic nitrogens is 3. The van der Waals surface area contributed by atoms with Gasteiger partial charge in [0.1, 0.15) is 11.4 Å². The Bertz CT molecular complexity index is 452. The lowest BCUT2D eigenvalue weighted by atomic mass is 10.3. The zero-order chi connectivity index (χ0) is 10.9. The second-order valence-corrected chi connectivity index (χ2v) is 2.66. The summed E-state index contributed by atoms with van der Waals surface area (Å²) in [7, 11) is 0. The van der Waals surface area contributed by atoms with Gasteiger partial charge in [0.25, 0.3) is 0 Å². The van der Waals surface area contributed by atoms with Crippen molar-refractivity contribution in [2.24, 2.45) is 0 Å². The SMILES string of the molecule is FC(F)(F)c1cccc(-c2ncon2)n1. The Kier molecular flexibility index (Phi) is 2.14. The minimum absolute atomic E-state index is 0.0265. The summed E-state index contributed by atoms with van der Waals surface area (Å²) in [6, 6.07) is 3.49. The summed E-state index contributed by atoms with van der Waals surface area (Å²) in [5.41, 5.74) is -0.955. The van der Waals surface area contributed by atoms with E-state index in [0.29, 0.717) is 0 Å². The predicted octanol–water partition coefficient (Wildman–Crippen LogP) is 2.15. The van der Waals surface area contributed by atoms with E-state index in [1.807, 2.05) is 0 Å². The molecule has 0 aliphatic rings. The molecule has 0 aliphatic heterocycles. The molecule has 0 fully saturated rings. The molecule has 7 heteroatoms. The van der Waals surface area contributed by atoms with Gasteiger partial charge in [-0.2, -0.15) is 18.2 Å². The van der Waals surface area contributed by atoms with Gasteiger partial charge < -0.3 is 4.52 Å². The van der Waals surface area contributed by atoms with Crippen LogP contribution in [0.15, 0.2) is 29.1 Å². The van der Waals surface area contributed by atoms with Crippen LogP contribution in [0, 0.1) is 0 Å². The zero-order valence-corrected chi connectivity index (χ0v) is 7.19. The minimum Gasteiger partial charge on any atom is -0.342 e. The molecule has 0 N–H and O–H groups in total. The third kappa shape index (κ3) is 1.95. The van der Waals surface area contributed by atoms with Crippen molar-refractivity contribution in [3.8, 4) is 11.5 Å². The van der Waals surface area contributed by atoms with Gasteiger partial charge in [0.05, 0.1) is 0 Å². The van der Waals surface area contributed by atoms with Gasteiger partial charge in [0, 0.05) is 0 Å². The third-order valence-corrected chi connectivity index (χ3v) is 1.63. The van der Waals surface area contributed by atoms with Crippen LogP contribution in [0.3, 0.4) is 0 Å². The first-order chi connectivity index (χ1) is 7.07. The molecule has 0 amide bonds. The van der Waals surface area contributed by atoms with Crippen molar-refractivity contribution < 1.29 is 17.7 Å². The van der Waals surface area contributed by atoms with Gasteiger partial charge in [0.2, 0.25) is 12.2 Å². The van der Waals surface area contributed by atoms with Crippen molar-refractivity contribution in [1.82, 2.24) is 15.1 Å². The van der Waals surface area contributed by atoms with E-state index in [2.05, 4.69) is 19.6 Å². The highest BCUT2D eigenvalue weighted by atomic mass is 19.4. The maximum absolute atomic E-state index is 12.3. The Morgan fingerprint density at radius 3 is 2.60 bits per heavy atom. The Balaban J connectivity index is 2.44. The Hall–Kier alpha value is -1.92. The fourth-order valence-electron chi connectivity index (χ4n) is 1.00. The first-order valence-corrected chi connectivity index (χ1v) is 3.88. The van der Waals surface area contributed by atoms with Crippen molar-refractivity contribution in [2.75, 3.05) is 0 Å². The van der Waals surface area contributed by atoms with Gasteiger partial charge in [-0.25, -0.2) is 4.98 Å². The number of rotatable bonds is 1. The van der Waals surface area contributed by atoms with E-state index in [-0.39, 0.29) is 11.5 Å². The average molecular weight is 215 g/mol. The topological polar surface area (TPSA) is 51.8 Å². The fraction of sp³-hybridized carbons (Fsp3) is 0.125. The summed E-state index contributed by atoms with van der Waals surface area (Å²) >= 11 is 0. The van der Waals surface area contributed by atoms with Crippen LogP contribution in [0.2, 0.25) is 0 Å². The number of alkyl halides is 3. The monoisotopic (exact) mass is 215 g/mol. The number of hydrogen-bond donors (Lipinski definition) is 0. The van der Waals surface area contributed by atoms with Crippen LogP contribution < -0.4 is 0 Å². The molecule has 0 radical (unpaired) electrons. The normalized spacial score (nSPS) is 11.7. The Labute approximate surface area is 81.8 Å². The first kappa shape index (κ1) is 9.63. The summed E-state index contributed by atoms with van der Waals surface area (Å²) < 4.78 is 41.3. The molecule has 0 bridgehead atoms. The van der Waals surface area contributed by atoms with E-state index < -0.39 is 11.9 Å². The summed E-state index contributed by atoms with van der Waals surface area (Å²) in [6.07, 6.45) is -3.45. The summed E-state index contributed by atoms with van der Waals surface area (Å²) in [5, 5.41) is 3.39. The maximum atomic E-state index is 12.3. The quantitative estimate of drug-likeness (QED) is 0.731. The number of hydrogen-bond acceptors (Lipinski definition) is 4. The largest absolute Gasteiger partial charge is 0.433 e. The molecule has 2 aromatic rings. The molecule has 78 valence electrons.